The highest BCUT2D eigenvalue weighted by Gasteiger charge is 2.29. The number of methoxy groups -OCH3 is 1. The number of hydrogen-bond donors (Lipinski definition) is 0. The molecule has 0 spiro atoms. The van der Waals surface area contributed by atoms with Gasteiger partial charge in [0.15, 0.2) is 5.70 Å². The van der Waals surface area contributed by atoms with Gasteiger partial charge in [-0.15, -0.1) is 0 Å². The van der Waals surface area contributed by atoms with Crippen molar-refractivity contribution >= 4 is 29.3 Å². The molecule has 4 rings (SSSR count). The summed E-state index contributed by atoms with van der Waals surface area (Å²) in [5.41, 5.74) is 3.15. The first-order valence-electron chi connectivity index (χ1n) is 9.59. The summed E-state index contributed by atoms with van der Waals surface area (Å²) in [5, 5.41) is 1.07. The number of esters is 1. The SMILES string of the molecule is CCC(C=C1Sc2ccc(OC)cc2N1CC)=C1N=C(c2ccccc2)OC1=O. The Labute approximate surface area is 174 Å². The molecule has 0 atom stereocenters. The quantitative estimate of drug-likeness (QED) is 0.509. The van der Waals surface area contributed by atoms with Gasteiger partial charge in [-0.3, -0.25) is 0 Å². The molecular formula is C23H22N2O3S. The number of rotatable bonds is 5. The van der Waals surface area contributed by atoms with E-state index in [1.807, 2.05) is 49.4 Å². The van der Waals surface area contributed by atoms with Crippen molar-refractivity contribution in [1.82, 2.24) is 0 Å². The second-order valence-electron chi connectivity index (χ2n) is 6.56. The number of carbonyl (C=O) groups excluding carboxylic acids is 1. The molecule has 2 aromatic carbocycles. The molecule has 0 unspecified atom stereocenters. The molecule has 0 amide bonds. The highest BCUT2D eigenvalue weighted by atomic mass is 32.2. The number of allylic oxidation sites excluding steroid dienone is 2. The molecule has 0 N–H and O–H groups in total. The van der Waals surface area contributed by atoms with Crippen LogP contribution in [0.25, 0.3) is 0 Å². The summed E-state index contributed by atoms with van der Waals surface area (Å²) in [5.74, 6) is 0.784. The summed E-state index contributed by atoms with van der Waals surface area (Å²) in [7, 11) is 1.67. The van der Waals surface area contributed by atoms with Crippen LogP contribution in [-0.2, 0) is 9.53 Å². The zero-order valence-corrected chi connectivity index (χ0v) is 17.5. The summed E-state index contributed by atoms with van der Waals surface area (Å²) in [4.78, 5) is 20.4. The molecule has 148 valence electrons. The third-order valence-corrected chi connectivity index (χ3v) is 5.97. The maximum absolute atomic E-state index is 12.5. The third-order valence-electron chi connectivity index (χ3n) is 4.85. The van der Waals surface area contributed by atoms with Gasteiger partial charge in [0.05, 0.1) is 17.8 Å². The molecule has 0 radical (unpaired) electrons. The zero-order chi connectivity index (χ0) is 20.4. The second-order valence-corrected chi connectivity index (χ2v) is 7.62. The first kappa shape index (κ1) is 19.3. The van der Waals surface area contributed by atoms with Crippen LogP contribution in [0.1, 0.15) is 25.8 Å². The number of nitrogens with zero attached hydrogens (tertiary/aromatic N) is 2. The molecule has 2 aromatic rings. The Hall–Kier alpha value is -2.99. The lowest BCUT2D eigenvalue weighted by Gasteiger charge is -2.19. The fourth-order valence-corrected chi connectivity index (χ4v) is 4.52. The molecule has 0 aromatic heterocycles. The van der Waals surface area contributed by atoms with Crippen molar-refractivity contribution in [2.75, 3.05) is 18.6 Å². The van der Waals surface area contributed by atoms with Crippen molar-refractivity contribution in [3.63, 3.8) is 0 Å². The van der Waals surface area contributed by atoms with E-state index in [-0.39, 0.29) is 0 Å². The Balaban J connectivity index is 1.72. The van der Waals surface area contributed by atoms with E-state index in [1.54, 1.807) is 18.9 Å². The van der Waals surface area contributed by atoms with Gasteiger partial charge in [-0.2, -0.15) is 0 Å². The van der Waals surface area contributed by atoms with Crippen LogP contribution in [0.2, 0.25) is 0 Å². The standard InChI is InChI=1S/C23H22N2O3S/c1-4-15(21-23(26)28-22(24-21)16-9-7-6-8-10-16)13-20-25(5-2)18-14-17(27-3)11-12-19(18)29-20/h6-14H,4-5H2,1-3H3. The van der Waals surface area contributed by atoms with E-state index in [4.69, 9.17) is 9.47 Å². The van der Waals surface area contributed by atoms with Crippen molar-refractivity contribution in [3.8, 4) is 5.75 Å². The smallest absolute Gasteiger partial charge is 0.364 e. The molecule has 2 aliphatic rings. The Morgan fingerprint density at radius 1 is 1.21 bits per heavy atom. The van der Waals surface area contributed by atoms with Crippen LogP contribution >= 0.6 is 11.8 Å². The van der Waals surface area contributed by atoms with Crippen molar-refractivity contribution in [1.29, 1.82) is 0 Å². The number of cyclic esters (lactones) is 1. The van der Waals surface area contributed by atoms with Gasteiger partial charge < -0.3 is 14.4 Å². The van der Waals surface area contributed by atoms with E-state index in [2.05, 4.69) is 29.0 Å². The van der Waals surface area contributed by atoms with Crippen molar-refractivity contribution in [2.24, 2.45) is 4.99 Å². The van der Waals surface area contributed by atoms with Gasteiger partial charge in [-0.1, -0.05) is 36.9 Å². The monoisotopic (exact) mass is 406 g/mol. The number of benzene rings is 2. The number of thioether (sulfide) groups is 1. The summed E-state index contributed by atoms with van der Waals surface area (Å²) < 4.78 is 10.8. The molecule has 2 heterocycles. The highest BCUT2D eigenvalue weighted by molar-refractivity contribution is 8.03. The van der Waals surface area contributed by atoms with Gasteiger partial charge in [0.25, 0.3) is 0 Å². The average Bonchev–Trinajstić information content (AvgIpc) is 3.31. The summed E-state index contributed by atoms with van der Waals surface area (Å²) in [6, 6.07) is 15.6. The largest absolute Gasteiger partial charge is 0.497 e. The van der Waals surface area contributed by atoms with Crippen LogP contribution in [0.5, 0.6) is 5.75 Å². The van der Waals surface area contributed by atoms with Gasteiger partial charge in [0.2, 0.25) is 5.90 Å². The molecule has 0 saturated carbocycles. The molecule has 0 saturated heterocycles. The van der Waals surface area contributed by atoms with Crippen LogP contribution in [0.3, 0.4) is 0 Å². The average molecular weight is 407 g/mol. The van der Waals surface area contributed by atoms with Gasteiger partial charge in [-0.25, -0.2) is 9.79 Å². The Morgan fingerprint density at radius 2 is 2.00 bits per heavy atom. The van der Waals surface area contributed by atoms with Crippen LogP contribution in [-0.4, -0.2) is 25.5 Å². The van der Waals surface area contributed by atoms with E-state index in [0.29, 0.717) is 18.0 Å². The van der Waals surface area contributed by atoms with Gasteiger partial charge >= 0.3 is 5.97 Å². The molecule has 6 heteroatoms. The van der Waals surface area contributed by atoms with Crippen LogP contribution in [0.15, 0.2) is 80.8 Å². The molecule has 0 aliphatic carbocycles. The minimum absolute atomic E-state index is 0.356. The maximum Gasteiger partial charge on any atom is 0.364 e. The molecule has 29 heavy (non-hydrogen) atoms. The first-order chi connectivity index (χ1) is 14.1. The normalized spacial score (nSPS) is 18.6. The number of aliphatic imine (C=N–C) groups is 1. The Morgan fingerprint density at radius 3 is 2.69 bits per heavy atom. The van der Waals surface area contributed by atoms with E-state index in [1.165, 1.54) is 4.90 Å². The number of ether oxygens (including phenoxy) is 2. The van der Waals surface area contributed by atoms with Crippen LogP contribution < -0.4 is 9.64 Å². The number of anilines is 1. The lowest BCUT2D eigenvalue weighted by molar-refractivity contribution is -0.130. The van der Waals surface area contributed by atoms with Gasteiger partial charge in [0.1, 0.15) is 5.75 Å². The zero-order valence-electron chi connectivity index (χ0n) is 16.6. The Kier molecular flexibility index (Phi) is 5.45. The van der Waals surface area contributed by atoms with Crippen molar-refractivity contribution < 1.29 is 14.3 Å². The van der Waals surface area contributed by atoms with E-state index >= 15 is 0 Å². The lowest BCUT2D eigenvalue weighted by atomic mass is 10.1. The highest BCUT2D eigenvalue weighted by Crippen LogP contribution is 2.47. The van der Waals surface area contributed by atoms with Gasteiger partial charge in [-0.05, 0) is 49.3 Å². The minimum atomic E-state index is -0.400. The predicted molar refractivity (Wildman–Crippen MR) is 116 cm³/mol. The second kappa shape index (κ2) is 8.17. The minimum Gasteiger partial charge on any atom is -0.497 e. The van der Waals surface area contributed by atoms with Crippen LogP contribution in [0, 0.1) is 0 Å². The summed E-state index contributed by atoms with van der Waals surface area (Å²) >= 11 is 1.69. The Bertz CT molecular complexity index is 1040. The van der Waals surface area contributed by atoms with Crippen molar-refractivity contribution in [3.05, 3.63) is 76.5 Å². The molecule has 2 aliphatic heterocycles. The molecule has 0 bridgehead atoms. The predicted octanol–water partition coefficient (Wildman–Crippen LogP) is 5.14. The molecule has 5 nitrogen and oxygen atoms in total. The number of fused-ring (bicyclic) bond motifs is 1. The number of carbonyl (C=O) groups is 1. The molecule has 0 fully saturated rings. The van der Waals surface area contributed by atoms with E-state index < -0.39 is 5.97 Å². The molecular weight excluding hydrogens is 384 g/mol. The van der Waals surface area contributed by atoms with E-state index in [0.717, 1.165) is 34.1 Å². The third kappa shape index (κ3) is 3.68. The van der Waals surface area contributed by atoms with Gasteiger partial charge in [0, 0.05) is 23.1 Å². The van der Waals surface area contributed by atoms with E-state index in [9.17, 15) is 4.79 Å². The lowest BCUT2D eigenvalue weighted by Crippen LogP contribution is -2.16. The fraction of sp³-hybridized carbons (Fsp3) is 0.217. The number of hydrogen-bond acceptors (Lipinski definition) is 6. The van der Waals surface area contributed by atoms with Crippen LogP contribution in [0.4, 0.5) is 5.69 Å². The first-order valence-corrected chi connectivity index (χ1v) is 10.4. The van der Waals surface area contributed by atoms with Crippen molar-refractivity contribution in [2.45, 2.75) is 25.2 Å². The summed E-state index contributed by atoms with van der Waals surface area (Å²) in [6.07, 6.45) is 2.73. The summed E-state index contributed by atoms with van der Waals surface area (Å²) in [6.45, 7) is 4.94. The maximum atomic E-state index is 12.5. The fourth-order valence-electron chi connectivity index (χ4n) is 3.34. The topological polar surface area (TPSA) is 51.1 Å².